The molecule has 1 saturated heterocycles. The molecule has 0 unspecified atom stereocenters. The molecule has 1 aromatic carbocycles. The predicted octanol–water partition coefficient (Wildman–Crippen LogP) is 1.07. The molecule has 1 aliphatic rings. The number of nitrogens with two attached hydrogens (primary N) is 1. The Kier molecular flexibility index (Phi) is 4.12. The standard InChI is InChI=1S/C14H19N3O3/c1-9(18)16-10-5-7-17(8-6-10)12-4-2-3-11(13(12)15)14(19)20/h2-4,10H,5-8,15H2,1H3,(H,16,18)(H,19,20). The van der Waals surface area contributed by atoms with Crippen molar-refractivity contribution in [1.82, 2.24) is 5.32 Å². The summed E-state index contributed by atoms with van der Waals surface area (Å²) >= 11 is 0. The summed E-state index contributed by atoms with van der Waals surface area (Å²) in [5.41, 5.74) is 7.13. The molecular weight excluding hydrogens is 258 g/mol. The van der Waals surface area contributed by atoms with Crippen molar-refractivity contribution in [1.29, 1.82) is 0 Å². The summed E-state index contributed by atoms with van der Waals surface area (Å²) in [6.07, 6.45) is 1.66. The molecule has 1 amide bonds. The van der Waals surface area contributed by atoms with Gasteiger partial charge in [0.15, 0.2) is 0 Å². The highest BCUT2D eigenvalue weighted by atomic mass is 16.4. The number of carboxylic acid groups (broad SMARTS) is 1. The highest BCUT2D eigenvalue weighted by Gasteiger charge is 2.22. The van der Waals surface area contributed by atoms with Gasteiger partial charge in [0.2, 0.25) is 5.91 Å². The summed E-state index contributed by atoms with van der Waals surface area (Å²) in [5.74, 6) is -1.03. The summed E-state index contributed by atoms with van der Waals surface area (Å²) in [4.78, 5) is 24.2. The number of para-hydroxylation sites is 1. The molecule has 0 aliphatic carbocycles. The number of anilines is 2. The van der Waals surface area contributed by atoms with Crippen molar-refractivity contribution >= 4 is 23.3 Å². The summed E-state index contributed by atoms with van der Waals surface area (Å²) in [5, 5.41) is 12.0. The second kappa shape index (κ2) is 5.81. The van der Waals surface area contributed by atoms with E-state index in [1.54, 1.807) is 6.07 Å². The van der Waals surface area contributed by atoms with E-state index in [4.69, 9.17) is 10.8 Å². The van der Waals surface area contributed by atoms with Gasteiger partial charge >= 0.3 is 5.97 Å². The van der Waals surface area contributed by atoms with E-state index in [-0.39, 0.29) is 17.5 Å². The first-order valence-electron chi connectivity index (χ1n) is 6.63. The molecule has 4 N–H and O–H groups in total. The lowest BCUT2D eigenvalue weighted by molar-refractivity contribution is -0.119. The second-order valence-corrected chi connectivity index (χ2v) is 5.01. The van der Waals surface area contributed by atoms with Gasteiger partial charge in [-0.3, -0.25) is 4.79 Å². The number of carbonyl (C=O) groups excluding carboxylic acids is 1. The Bertz CT molecular complexity index is 522. The SMILES string of the molecule is CC(=O)NC1CCN(c2cccc(C(=O)O)c2N)CC1. The van der Waals surface area contributed by atoms with Crippen molar-refractivity contribution in [2.45, 2.75) is 25.8 Å². The van der Waals surface area contributed by atoms with E-state index >= 15 is 0 Å². The number of carbonyl (C=O) groups is 2. The largest absolute Gasteiger partial charge is 0.478 e. The number of piperidine rings is 1. The van der Waals surface area contributed by atoms with Crippen molar-refractivity contribution in [3.8, 4) is 0 Å². The number of nitrogens with zero attached hydrogens (tertiary/aromatic N) is 1. The number of nitrogens with one attached hydrogen (secondary N) is 1. The first-order chi connectivity index (χ1) is 9.49. The molecule has 1 heterocycles. The van der Waals surface area contributed by atoms with Gasteiger partial charge in [-0.2, -0.15) is 0 Å². The highest BCUT2D eigenvalue weighted by Crippen LogP contribution is 2.29. The number of hydrogen-bond acceptors (Lipinski definition) is 4. The topological polar surface area (TPSA) is 95.7 Å². The van der Waals surface area contributed by atoms with Crippen molar-refractivity contribution in [2.24, 2.45) is 0 Å². The molecule has 0 aromatic heterocycles. The fraction of sp³-hybridized carbons (Fsp3) is 0.429. The monoisotopic (exact) mass is 277 g/mol. The molecule has 6 nitrogen and oxygen atoms in total. The number of carboxylic acids is 1. The Morgan fingerprint density at radius 3 is 2.55 bits per heavy atom. The molecule has 6 heteroatoms. The zero-order chi connectivity index (χ0) is 14.7. The van der Waals surface area contributed by atoms with Gasteiger partial charge < -0.3 is 21.1 Å². The van der Waals surface area contributed by atoms with Gasteiger partial charge in [-0.1, -0.05) is 6.07 Å². The van der Waals surface area contributed by atoms with Crippen LogP contribution in [0.25, 0.3) is 0 Å². The fourth-order valence-electron chi connectivity index (χ4n) is 2.57. The summed E-state index contributed by atoms with van der Waals surface area (Å²) in [6, 6.07) is 5.23. The van der Waals surface area contributed by atoms with Gasteiger partial charge in [-0.15, -0.1) is 0 Å². The first kappa shape index (κ1) is 14.2. The Morgan fingerprint density at radius 1 is 1.35 bits per heavy atom. The lowest BCUT2D eigenvalue weighted by Crippen LogP contribution is -2.44. The molecule has 0 atom stereocenters. The average Bonchev–Trinajstić information content (AvgIpc) is 2.39. The number of rotatable bonds is 3. The van der Waals surface area contributed by atoms with Gasteiger partial charge in [-0.25, -0.2) is 4.79 Å². The highest BCUT2D eigenvalue weighted by molar-refractivity contribution is 5.97. The zero-order valence-electron chi connectivity index (χ0n) is 11.4. The molecule has 1 aliphatic heterocycles. The molecule has 1 aromatic rings. The molecule has 20 heavy (non-hydrogen) atoms. The summed E-state index contributed by atoms with van der Waals surface area (Å²) < 4.78 is 0. The number of amides is 1. The fourth-order valence-corrected chi connectivity index (χ4v) is 2.57. The first-order valence-corrected chi connectivity index (χ1v) is 6.63. The lowest BCUT2D eigenvalue weighted by Gasteiger charge is -2.34. The van der Waals surface area contributed by atoms with Crippen LogP contribution in [0.1, 0.15) is 30.1 Å². The Labute approximate surface area is 117 Å². The minimum absolute atomic E-state index is 0.0177. The van der Waals surface area contributed by atoms with E-state index in [0.29, 0.717) is 5.69 Å². The van der Waals surface area contributed by atoms with Crippen LogP contribution in [0.4, 0.5) is 11.4 Å². The van der Waals surface area contributed by atoms with Gasteiger partial charge in [0.1, 0.15) is 0 Å². The van der Waals surface area contributed by atoms with Crippen LogP contribution in [-0.4, -0.2) is 36.1 Å². The molecule has 0 radical (unpaired) electrons. The number of hydrogen-bond donors (Lipinski definition) is 3. The van der Waals surface area contributed by atoms with Crippen LogP contribution in [0.5, 0.6) is 0 Å². The normalized spacial score (nSPS) is 15.9. The van der Waals surface area contributed by atoms with E-state index in [9.17, 15) is 9.59 Å². The van der Waals surface area contributed by atoms with Crippen LogP contribution in [0, 0.1) is 0 Å². The molecule has 0 saturated carbocycles. The van der Waals surface area contributed by atoms with Gasteiger partial charge in [0.25, 0.3) is 0 Å². The van der Waals surface area contributed by atoms with Crippen LogP contribution in [0.15, 0.2) is 18.2 Å². The average molecular weight is 277 g/mol. The predicted molar refractivity (Wildman–Crippen MR) is 76.9 cm³/mol. The van der Waals surface area contributed by atoms with Gasteiger partial charge in [0.05, 0.1) is 16.9 Å². The maximum atomic E-state index is 11.1. The Hall–Kier alpha value is -2.24. The summed E-state index contributed by atoms with van der Waals surface area (Å²) in [6.45, 7) is 3.01. The third-order valence-electron chi connectivity index (χ3n) is 3.56. The lowest BCUT2D eigenvalue weighted by atomic mass is 10.0. The Balaban J connectivity index is 2.09. The van der Waals surface area contributed by atoms with Crippen molar-refractivity contribution in [2.75, 3.05) is 23.7 Å². The maximum absolute atomic E-state index is 11.1. The van der Waals surface area contributed by atoms with Crippen molar-refractivity contribution < 1.29 is 14.7 Å². The van der Waals surface area contributed by atoms with Crippen molar-refractivity contribution in [3.63, 3.8) is 0 Å². The summed E-state index contributed by atoms with van der Waals surface area (Å²) in [7, 11) is 0. The van der Waals surface area contributed by atoms with Crippen LogP contribution in [-0.2, 0) is 4.79 Å². The zero-order valence-corrected chi connectivity index (χ0v) is 11.4. The minimum Gasteiger partial charge on any atom is -0.478 e. The van der Waals surface area contributed by atoms with E-state index in [1.807, 2.05) is 6.07 Å². The smallest absolute Gasteiger partial charge is 0.337 e. The van der Waals surface area contributed by atoms with E-state index in [2.05, 4.69) is 10.2 Å². The van der Waals surface area contributed by atoms with Crippen LogP contribution in [0.2, 0.25) is 0 Å². The third-order valence-corrected chi connectivity index (χ3v) is 3.56. The molecular formula is C14H19N3O3. The van der Waals surface area contributed by atoms with Crippen LogP contribution in [0.3, 0.4) is 0 Å². The Morgan fingerprint density at radius 2 is 2.00 bits per heavy atom. The molecule has 0 bridgehead atoms. The second-order valence-electron chi connectivity index (χ2n) is 5.01. The van der Waals surface area contributed by atoms with Crippen LogP contribution < -0.4 is 16.0 Å². The third kappa shape index (κ3) is 3.01. The number of nitrogen functional groups attached to an aromatic ring is 1. The minimum atomic E-state index is -1.02. The number of aromatic carboxylic acids is 1. The van der Waals surface area contributed by atoms with Gasteiger partial charge in [-0.05, 0) is 25.0 Å². The molecule has 1 fully saturated rings. The van der Waals surface area contributed by atoms with E-state index in [1.165, 1.54) is 13.0 Å². The van der Waals surface area contributed by atoms with Crippen LogP contribution >= 0.6 is 0 Å². The van der Waals surface area contributed by atoms with E-state index in [0.717, 1.165) is 31.6 Å². The van der Waals surface area contributed by atoms with Crippen molar-refractivity contribution in [3.05, 3.63) is 23.8 Å². The maximum Gasteiger partial charge on any atom is 0.337 e. The van der Waals surface area contributed by atoms with E-state index < -0.39 is 5.97 Å². The molecule has 0 spiro atoms. The molecule has 2 rings (SSSR count). The molecule has 108 valence electrons. The quantitative estimate of drug-likeness (QED) is 0.718. The number of benzene rings is 1. The van der Waals surface area contributed by atoms with Gasteiger partial charge in [0, 0.05) is 26.1 Å².